The van der Waals surface area contributed by atoms with Gasteiger partial charge in [-0.3, -0.25) is 0 Å². The average Bonchev–Trinajstić information content (AvgIpc) is 2.14. The van der Waals surface area contributed by atoms with Gasteiger partial charge in [-0.25, -0.2) is 0 Å². The van der Waals surface area contributed by atoms with Crippen LogP contribution in [0, 0.1) is 0 Å². The summed E-state index contributed by atoms with van der Waals surface area (Å²) >= 11 is 0. The average molecular weight is 198 g/mol. The SMILES string of the molecule is C=CC=C(c1ccccc1)C(F)(F)F. The van der Waals surface area contributed by atoms with Gasteiger partial charge in [0.1, 0.15) is 0 Å². The minimum Gasteiger partial charge on any atom is -0.166 e. The third-order valence-electron chi connectivity index (χ3n) is 1.67. The molecule has 14 heavy (non-hydrogen) atoms. The number of hydrogen-bond donors (Lipinski definition) is 0. The summed E-state index contributed by atoms with van der Waals surface area (Å²) in [5.74, 6) is 0. The van der Waals surface area contributed by atoms with Gasteiger partial charge in [-0.2, -0.15) is 13.2 Å². The summed E-state index contributed by atoms with van der Waals surface area (Å²) < 4.78 is 37.4. The van der Waals surface area contributed by atoms with Crippen LogP contribution in [0.5, 0.6) is 0 Å². The van der Waals surface area contributed by atoms with Crippen LogP contribution in [0.25, 0.3) is 5.57 Å². The summed E-state index contributed by atoms with van der Waals surface area (Å²) in [5, 5.41) is 0. The fraction of sp³-hybridized carbons (Fsp3) is 0.0909. The number of alkyl halides is 3. The summed E-state index contributed by atoms with van der Waals surface area (Å²) in [6, 6.07) is 7.65. The topological polar surface area (TPSA) is 0 Å². The Balaban J connectivity index is 3.15. The van der Waals surface area contributed by atoms with Gasteiger partial charge in [-0.1, -0.05) is 43.0 Å². The monoisotopic (exact) mass is 198 g/mol. The molecule has 0 unspecified atom stereocenters. The molecule has 0 aromatic heterocycles. The van der Waals surface area contributed by atoms with Crippen molar-refractivity contribution in [2.24, 2.45) is 0 Å². The van der Waals surface area contributed by atoms with E-state index in [9.17, 15) is 13.2 Å². The zero-order valence-electron chi connectivity index (χ0n) is 7.38. The van der Waals surface area contributed by atoms with Crippen LogP contribution in [-0.2, 0) is 0 Å². The van der Waals surface area contributed by atoms with Gasteiger partial charge in [0.2, 0.25) is 0 Å². The second kappa shape index (κ2) is 4.13. The molecule has 0 fully saturated rings. The minimum atomic E-state index is -4.34. The Labute approximate surface area is 80.4 Å². The Morgan fingerprint density at radius 2 is 1.71 bits per heavy atom. The van der Waals surface area contributed by atoms with Gasteiger partial charge < -0.3 is 0 Å². The van der Waals surface area contributed by atoms with E-state index in [1.54, 1.807) is 18.2 Å². The lowest BCUT2D eigenvalue weighted by molar-refractivity contribution is -0.0688. The highest BCUT2D eigenvalue weighted by molar-refractivity contribution is 5.70. The predicted molar refractivity (Wildman–Crippen MR) is 50.7 cm³/mol. The van der Waals surface area contributed by atoms with Gasteiger partial charge >= 0.3 is 6.18 Å². The smallest absolute Gasteiger partial charge is 0.166 e. The first-order valence-electron chi connectivity index (χ1n) is 4.01. The van der Waals surface area contributed by atoms with E-state index in [1.165, 1.54) is 12.1 Å². The molecule has 0 radical (unpaired) electrons. The largest absolute Gasteiger partial charge is 0.416 e. The van der Waals surface area contributed by atoms with Gasteiger partial charge in [0.25, 0.3) is 0 Å². The highest BCUT2D eigenvalue weighted by Gasteiger charge is 2.33. The van der Waals surface area contributed by atoms with Crippen molar-refractivity contribution in [3.8, 4) is 0 Å². The van der Waals surface area contributed by atoms with Crippen molar-refractivity contribution in [3.05, 3.63) is 54.6 Å². The van der Waals surface area contributed by atoms with Crippen LogP contribution in [-0.4, -0.2) is 6.18 Å². The molecular formula is C11H9F3. The molecule has 0 N–H and O–H groups in total. The molecular weight excluding hydrogens is 189 g/mol. The molecule has 74 valence electrons. The molecule has 0 atom stereocenters. The van der Waals surface area contributed by atoms with Crippen molar-refractivity contribution >= 4 is 5.57 Å². The molecule has 0 spiro atoms. The summed E-state index contributed by atoms with van der Waals surface area (Å²) in [6.07, 6.45) is -2.24. The van der Waals surface area contributed by atoms with Crippen LogP contribution in [0.2, 0.25) is 0 Å². The Bertz CT molecular complexity index is 333. The molecule has 0 amide bonds. The normalized spacial score (nSPS) is 12.6. The van der Waals surface area contributed by atoms with Crippen molar-refractivity contribution in [2.75, 3.05) is 0 Å². The lowest BCUT2D eigenvalue weighted by Crippen LogP contribution is -2.10. The highest BCUT2D eigenvalue weighted by atomic mass is 19.4. The summed E-state index contributed by atoms with van der Waals surface area (Å²) in [6.45, 7) is 3.26. The van der Waals surface area contributed by atoms with Crippen molar-refractivity contribution in [1.82, 2.24) is 0 Å². The maximum Gasteiger partial charge on any atom is 0.416 e. The van der Waals surface area contributed by atoms with E-state index >= 15 is 0 Å². The standard InChI is InChI=1S/C11H9F3/c1-2-6-10(11(12,13)14)9-7-4-3-5-8-9/h2-8H,1H2. The molecule has 1 aromatic rings. The van der Waals surface area contributed by atoms with Crippen molar-refractivity contribution < 1.29 is 13.2 Å². The van der Waals surface area contributed by atoms with E-state index in [0.717, 1.165) is 12.2 Å². The lowest BCUT2D eigenvalue weighted by Gasteiger charge is -2.10. The van der Waals surface area contributed by atoms with Gasteiger partial charge in [-0.05, 0) is 11.6 Å². The van der Waals surface area contributed by atoms with Crippen molar-refractivity contribution in [2.45, 2.75) is 6.18 Å². The molecule has 1 aromatic carbocycles. The number of benzene rings is 1. The fourth-order valence-electron chi connectivity index (χ4n) is 1.09. The van der Waals surface area contributed by atoms with Crippen LogP contribution in [0.3, 0.4) is 0 Å². The van der Waals surface area contributed by atoms with Gasteiger partial charge in [0.15, 0.2) is 0 Å². The molecule has 0 saturated carbocycles. The Kier molecular flexibility index (Phi) is 3.12. The van der Waals surface area contributed by atoms with Crippen molar-refractivity contribution in [3.63, 3.8) is 0 Å². The molecule has 0 aliphatic heterocycles. The Morgan fingerprint density at radius 1 is 1.14 bits per heavy atom. The predicted octanol–water partition coefficient (Wildman–Crippen LogP) is 3.82. The van der Waals surface area contributed by atoms with Gasteiger partial charge in [-0.15, -0.1) is 0 Å². The van der Waals surface area contributed by atoms with E-state index in [2.05, 4.69) is 6.58 Å². The van der Waals surface area contributed by atoms with E-state index in [-0.39, 0.29) is 5.56 Å². The first-order valence-corrected chi connectivity index (χ1v) is 4.01. The van der Waals surface area contributed by atoms with Crippen LogP contribution in [0.15, 0.2) is 49.1 Å². The second-order valence-electron chi connectivity index (χ2n) is 2.68. The van der Waals surface area contributed by atoms with E-state index < -0.39 is 11.7 Å². The quantitative estimate of drug-likeness (QED) is 0.634. The number of rotatable bonds is 2. The molecule has 0 saturated heterocycles. The molecule has 0 bridgehead atoms. The van der Waals surface area contributed by atoms with E-state index in [1.807, 2.05) is 0 Å². The maximum atomic E-state index is 12.5. The third kappa shape index (κ3) is 2.49. The Morgan fingerprint density at radius 3 is 2.14 bits per heavy atom. The second-order valence-corrected chi connectivity index (χ2v) is 2.68. The number of halogens is 3. The van der Waals surface area contributed by atoms with Crippen molar-refractivity contribution in [1.29, 1.82) is 0 Å². The zero-order valence-corrected chi connectivity index (χ0v) is 7.38. The summed E-state index contributed by atoms with van der Waals surface area (Å²) in [4.78, 5) is 0. The first-order chi connectivity index (χ1) is 6.55. The van der Waals surface area contributed by atoms with Crippen LogP contribution in [0.1, 0.15) is 5.56 Å². The molecule has 0 aliphatic rings. The molecule has 0 aliphatic carbocycles. The van der Waals surface area contributed by atoms with Crippen LogP contribution >= 0.6 is 0 Å². The number of hydrogen-bond acceptors (Lipinski definition) is 0. The molecule has 1 rings (SSSR count). The maximum absolute atomic E-state index is 12.5. The lowest BCUT2D eigenvalue weighted by atomic mass is 10.1. The molecule has 3 heteroatoms. The minimum absolute atomic E-state index is 0.153. The van der Waals surface area contributed by atoms with E-state index in [0.29, 0.717) is 0 Å². The van der Waals surface area contributed by atoms with Crippen LogP contribution in [0.4, 0.5) is 13.2 Å². The molecule has 0 heterocycles. The highest BCUT2D eigenvalue weighted by Crippen LogP contribution is 2.33. The molecule has 0 nitrogen and oxygen atoms in total. The van der Waals surface area contributed by atoms with Crippen LogP contribution < -0.4 is 0 Å². The fourth-order valence-corrected chi connectivity index (χ4v) is 1.09. The number of allylic oxidation sites excluding steroid dienone is 3. The van der Waals surface area contributed by atoms with Gasteiger partial charge in [0, 0.05) is 0 Å². The Hall–Kier alpha value is -1.51. The summed E-state index contributed by atoms with van der Waals surface area (Å²) in [5.41, 5.74) is -0.520. The van der Waals surface area contributed by atoms with E-state index in [4.69, 9.17) is 0 Å². The summed E-state index contributed by atoms with van der Waals surface area (Å²) in [7, 11) is 0. The first kappa shape index (κ1) is 10.6. The zero-order chi connectivity index (χ0) is 10.6. The van der Waals surface area contributed by atoms with Gasteiger partial charge in [0.05, 0.1) is 5.57 Å². The third-order valence-corrected chi connectivity index (χ3v) is 1.67.